The molecule has 0 spiro atoms. The molecule has 1 aliphatic rings. The Kier molecular flexibility index (Phi) is 4.74. The summed E-state index contributed by atoms with van der Waals surface area (Å²) in [6.07, 6.45) is 8.99. The van der Waals surface area contributed by atoms with Crippen LogP contribution in [0.5, 0.6) is 0 Å². The average molecular weight is 185 g/mol. The van der Waals surface area contributed by atoms with Crippen molar-refractivity contribution in [1.29, 1.82) is 0 Å². The van der Waals surface area contributed by atoms with E-state index in [1.807, 2.05) is 11.8 Å². The van der Waals surface area contributed by atoms with Crippen LogP contribution in [0.4, 0.5) is 0 Å². The fourth-order valence-electron chi connectivity index (χ4n) is 1.77. The van der Waals surface area contributed by atoms with Gasteiger partial charge in [0.25, 0.3) is 0 Å². The van der Waals surface area contributed by atoms with Gasteiger partial charge in [-0.15, -0.1) is 0 Å². The summed E-state index contributed by atoms with van der Waals surface area (Å²) in [5.41, 5.74) is 1.33. The molecular formula is C10H19NS. The van der Waals surface area contributed by atoms with E-state index in [9.17, 15) is 0 Å². The van der Waals surface area contributed by atoms with Crippen LogP contribution in [0.25, 0.3) is 0 Å². The van der Waals surface area contributed by atoms with Crippen molar-refractivity contribution in [3.8, 4) is 0 Å². The van der Waals surface area contributed by atoms with Gasteiger partial charge in [0.2, 0.25) is 0 Å². The Hall–Kier alpha value is 0.0200. The van der Waals surface area contributed by atoms with Gasteiger partial charge in [0.05, 0.1) is 0 Å². The van der Waals surface area contributed by atoms with Crippen LogP contribution in [0.15, 0.2) is 4.99 Å². The lowest BCUT2D eigenvalue weighted by molar-refractivity contribution is 0.443. The molecule has 0 aromatic rings. The fraction of sp³-hybridized carbons (Fsp3) is 0.900. The maximum absolute atomic E-state index is 4.72. The third-order valence-corrected chi connectivity index (χ3v) is 3.04. The summed E-state index contributed by atoms with van der Waals surface area (Å²) < 4.78 is 0. The topological polar surface area (TPSA) is 12.4 Å². The summed E-state index contributed by atoms with van der Waals surface area (Å²) in [6, 6.07) is 0.658. The summed E-state index contributed by atoms with van der Waals surface area (Å²) in [5.74, 6) is 1.11. The highest BCUT2D eigenvalue weighted by Gasteiger charge is 2.11. The largest absolute Gasteiger partial charge is 0.290 e. The zero-order chi connectivity index (χ0) is 8.81. The lowest BCUT2D eigenvalue weighted by Gasteiger charge is -2.18. The van der Waals surface area contributed by atoms with Crippen molar-refractivity contribution in [2.45, 2.75) is 45.1 Å². The molecule has 0 aromatic heterocycles. The van der Waals surface area contributed by atoms with Gasteiger partial charge in [0.1, 0.15) is 0 Å². The van der Waals surface area contributed by atoms with Gasteiger partial charge >= 0.3 is 0 Å². The third-order valence-electron chi connectivity index (χ3n) is 2.33. The van der Waals surface area contributed by atoms with E-state index in [1.165, 1.54) is 37.8 Å². The number of aliphatic imine (C=N–C) groups is 1. The molecule has 0 bridgehead atoms. The Morgan fingerprint density at radius 1 is 1.33 bits per heavy atom. The van der Waals surface area contributed by atoms with E-state index in [-0.39, 0.29) is 0 Å². The van der Waals surface area contributed by atoms with Gasteiger partial charge < -0.3 is 0 Å². The van der Waals surface area contributed by atoms with Crippen LogP contribution in [0.1, 0.15) is 39.0 Å². The predicted octanol–water partition coefficient (Wildman–Crippen LogP) is 3.14. The van der Waals surface area contributed by atoms with E-state index in [2.05, 4.69) is 13.2 Å². The van der Waals surface area contributed by atoms with Crippen molar-refractivity contribution in [3.63, 3.8) is 0 Å². The van der Waals surface area contributed by atoms with Gasteiger partial charge in [-0.25, -0.2) is 0 Å². The fourth-order valence-corrected chi connectivity index (χ4v) is 2.26. The van der Waals surface area contributed by atoms with E-state index < -0.39 is 0 Å². The molecule has 1 saturated carbocycles. The minimum absolute atomic E-state index is 0.658. The molecule has 0 aromatic carbocycles. The molecule has 0 heterocycles. The minimum Gasteiger partial charge on any atom is -0.290 e. The minimum atomic E-state index is 0.658. The maximum Gasteiger partial charge on any atom is 0.0499 e. The highest BCUT2D eigenvalue weighted by Crippen LogP contribution is 2.20. The lowest BCUT2D eigenvalue weighted by Crippen LogP contribution is -2.12. The molecule has 0 amide bonds. The monoisotopic (exact) mass is 185 g/mol. The van der Waals surface area contributed by atoms with Crippen molar-refractivity contribution in [2.75, 3.05) is 12.0 Å². The molecule has 1 fully saturated rings. The molecule has 0 saturated heterocycles. The molecule has 70 valence electrons. The second-order valence-corrected chi connectivity index (χ2v) is 4.46. The number of hydrogen-bond donors (Lipinski definition) is 0. The van der Waals surface area contributed by atoms with Gasteiger partial charge in [0, 0.05) is 17.5 Å². The van der Waals surface area contributed by atoms with Crippen molar-refractivity contribution < 1.29 is 0 Å². The van der Waals surface area contributed by atoms with Crippen LogP contribution >= 0.6 is 11.8 Å². The summed E-state index contributed by atoms with van der Waals surface area (Å²) in [4.78, 5) is 4.72. The summed E-state index contributed by atoms with van der Waals surface area (Å²) in [7, 11) is 0. The molecule has 0 radical (unpaired) electrons. The summed E-state index contributed by atoms with van der Waals surface area (Å²) in [6.45, 7) is 2.16. The Labute approximate surface area is 80.0 Å². The Morgan fingerprint density at radius 3 is 2.58 bits per heavy atom. The van der Waals surface area contributed by atoms with Crippen LogP contribution in [0.2, 0.25) is 0 Å². The van der Waals surface area contributed by atoms with Crippen LogP contribution in [0, 0.1) is 0 Å². The summed E-state index contributed by atoms with van der Waals surface area (Å²) in [5, 5.41) is 0. The molecule has 0 N–H and O–H groups in total. The molecule has 0 aliphatic heterocycles. The van der Waals surface area contributed by atoms with E-state index in [0.717, 1.165) is 5.75 Å². The van der Waals surface area contributed by atoms with Crippen molar-refractivity contribution in [3.05, 3.63) is 0 Å². The molecule has 12 heavy (non-hydrogen) atoms. The van der Waals surface area contributed by atoms with E-state index >= 15 is 0 Å². The molecular weight excluding hydrogens is 166 g/mol. The lowest BCUT2D eigenvalue weighted by atomic mass is 9.96. The van der Waals surface area contributed by atoms with Gasteiger partial charge in [-0.2, -0.15) is 11.8 Å². The smallest absolute Gasteiger partial charge is 0.0499 e. The Bertz CT molecular complexity index is 148. The van der Waals surface area contributed by atoms with Crippen LogP contribution in [-0.2, 0) is 0 Å². The Balaban J connectivity index is 2.31. The normalized spacial score (nSPS) is 21.3. The average Bonchev–Trinajstić information content (AvgIpc) is 2.06. The third kappa shape index (κ3) is 3.61. The first kappa shape index (κ1) is 10.1. The predicted molar refractivity (Wildman–Crippen MR) is 58.4 cm³/mol. The second-order valence-electron chi connectivity index (χ2n) is 3.59. The summed E-state index contributed by atoms with van der Waals surface area (Å²) >= 11 is 1.87. The van der Waals surface area contributed by atoms with Crippen LogP contribution < -0.4 is 0 Å². The molecule has 1 nitrogen and oxygen atoms in total. The number of nitrogens with zero attached hydrogens (tertiary/aromatic N) is 1. The SMILES string of the molecule is CSCC(C)=NC1CCCCC1. The first-order valence-electron chi connectivity index (χ1n) is 4.85. The highest BCUT2D eigenvalue weighted by atomic mass is 32.2. The highest BCUT2D eigenvalue weighted by molar-refractivity contribution is 7.99. The molecule has 0 atom stereocenters. The van der Waals surface area contributed by atoms with E-state index in [1.54, 1.807) is 0 Å². The zero-order valence-electron chi connectivity index (χ0n) is 8.18. The van der Waals surface area contributed by atoms with Crippen molar-refractivity contribution >= 4 is 17.5 Å². The van der Waals surface area contributed by atoms with Crippen molar-refractivity contribution in [2.24, 2.45) is 4.99 Å². The van der Waals surface area contributed by atoms with Crippen molar-refractivity contribution in [1.82, 2.24) is 0 Å². The molecule has 1 aliphatic carbocycles. The first-order chi connectivity index (χ1) is 5.83. The zero-order valence-corrected chi connectivity index (χ0v) is 8.99. The first-order valence-corrected chi connectivity index (χ1v) is 6.24. The second kappa shape index (κ2) is 5.63. The van der Waals surface area contributed by atoms with Crippen LogP contribution in [0.3, 0.4) is 0 Å². The molecule has 1 rings (SSSR count). The quantitative estimate of drug-likeness (QED) is 0.615. The van der Waals surface area contributed by atoms with Gasteiger partial charge in [-0.3, -0.25) is 4.99 Å². The Morgan fingerprint density at radius 2 is 2.00 bits per heavy atom. The van der Waals surface area contributed by atoms with E-state index in [0.29, 0.717) is 6.04 Å². The maximum atomic E-state index is 4.72. The van der Waals surface area contributed by atoms with Gasteiger partial charge in [-0.05, 0) is 26.0 Å². The van der Waals surface area contributed by atoms with Crippen LogP contribution in [-0.4, -0.2) is 23.8 Å². The van der Waals surface area contributed by atoms with Gasteiger partial charge in [0.15, 0.2) is 0 Å². The molecule has 0 unspecified atom stereocenters. The number of thioether (sulfide) groups is 1. The van der Waals surface area contributed by atoms with Gasteiger partial charge in [-0.1, -0.05) is 19.3 Å². The number of hydrogen-bond acceptors (Lipinski definition) is 2. The van der Waals surface area contributed by atoms with E-state index in [4.69, 9.17) is 4.99 Å². The number of rotatable bonds is 3. The molecule has 2 heteroatoms. The standard InChI is InChI=1S/C10H19NS/c1-9(8-12-2)11-10-6-4-3-5-7-10/h10H,3-8H2,1-2H3.